The van der Waals surface area contributed by atoms with Gasteiger partial charge in [0.1, 0.15) is 5.82 Å². The molecule has 2 aromatic carbocycles. The number of hydrogen-bond acceptors (Lipinski definition) is 2. The third kappa shape index (κ3) is 2.24. The maximum Gasteiger partial charge on any atom is 0.128 e. The van der Waals surface area contributed by atoms with Crippen LogP contribution < -0.4 is 10.6 Å². The van der Waals surface area contributed by atoms with Gasteiger partial charge in [0.15, 0.2) is 0 Å². The van der Waals surface area contributed by atoms with Crippen LogP contribution in [-0.2, 0) is 6.42 Å². The Kier molecular flexibility index (Phi) is 3.35. The minimum Gasteiger partial charge on any atom is -0.397 e. The van der Waals surface area contributed by atoms with Gasteiger partial charge in [0.05, 0.1) is 11.4 Å². The third-order valence-corrected chi connectivity index (χ3v) is 3.96. The van der Waals surface area contributed by atoms with Gasteiger partial charge in [-0.3, -0.25) is 0 Å². The van der Waals surface area contributed by atoms with Crippen LogP contribution in [0.1, 0.15) is 24.0 Å². The van der Waals surface area contributed by atoms with E-state index in [4.69, 9.17) is 5.73 Å². The van der Waals surface area contributed by atoms with Crippen LogP contribution in [0.4, 0.5) is 21.5 Å². The van der Waals surface area contributed by atoms with Crippen LogP contribution in [-0.4, -0.2) is 6.54 Å². The van der Waals surface area contributed by atoms with Gasteiger partial charge in [-0.15, -0.1) is 0 Å². The molecule has 0 radical (unpaired) electrons. The quantitative estimate of drug-likeness (QED) is 0.787. The predicted octanol–water partition coefficient (Wildman–Crippen LogP) is 4.19. The van der Waals surface area contributed by atoms with Gasteiger partial charge in [-0.05, 0) is 55.5 Å². The van der Waals surface area contributed by atoms with Crippen molar-refractivity contribution < 1.29 is 4.39 Å². The molecule has 2 N–H and O–H groups in total. The minimum atomic E-state index is -0.241. The highest BCUT2D eigenvalue weighted by molar-refractivity contribution is 5.77. The van der Waals surface area contributed by atoms with Crippen molar-refractivity contribution in [3.63, 3.8) is 0 Å². The topological polar surface area (TPSA) is 29.3 Å². The molecule has 0 saturated carbocycles. The van der Waals surface area contributed by atoms with E-state index in [1.807, 2.05) is 12.1 Å². The first-order valence-electron chi connectivity index (χ1n) is 7.08. The number of anilines is 3. The summed E-state index contributed by atoms with van der Waals surface area (Å²) in [7, 11) is 0. The third-order valence-electron chi connectivity index (χ3n) is 3.96. The molecule has 3 heteroatoms. The fraction of sp³-hybridized carbons (Fsp3) is 0.294. The van der Waals surface area contributed by atoms with Crippen molar-refractivity contribution in [2.75, 3.05) is 17.2 Å². The van der Waals surface area contributed by atoms with Crippen LogP contribution in [0, 0.1) is 12.7 Å². The van der Waals surface area contributed by atoms with Crippen molar-refractivity contribution in [1.82, 2.24) is 0 Å². The molecule has 0 amide bonds. The van der Waals surface area contributed by atoms with Crippen molar-refractivity contribution in [2.24, 2.45) is 0 Å². The maximum absolute atomic E-state index is 13.6. The second kappa shape index (κ2) is 5.16. The Morgan fingerprint density at radius 3 is 2.75 bits per heavy atom. The first-order chi connectivity index (χ1) is 9.66. The number of fused-ring (bicyclic) bond motifs is 1. The number of para-hydroxylation sites is 1. The average Bonchev–Trinajstić information content (AvgIpc) is 2.65. The average molecular weight is 270 g/mol. The lowest BCUT2D eigenvalue weighted by atomic mass is 10.1. The second-order valence-electron chi connectivity index (χ2n) is 5.40. The van der Waals surface area contributed by atoms with Gasteiger partial charge in [-0.25, -0.2) is 4.39 Å². The van der Waals surface area contributed by atoms with E-state index >= 15 is 0 Å². The summed E-state index contributed by atoms with van der Waals surface area (Å²) in [6.07, 6.45) is 3.38. The van der Waals surface area contributed by atoms with E-state index in [0.717, 1.165) is 25.1 Å². The highest BCUT2D eigenvalue weighted by atomic mass is 19.1. The first kappa shape index (κ1) is 13.0. The Balaban J connectivity index is 2.12. The lowest BCUT2D eigenvalue weighted by Crippen LogP contribution is -2.19. The fourth-order valence-electron chi connectivity index (χ4n) is 2.86. The van der Waals surface area contributed by atoms with Gasteiger partial charge in [-0.2, -0.15) is 0 Å². The van der Waals surface area contributed by atoms with Gasteiger partial charge >= 0.3 is 0 Å². The van der Waals surface area contributed by atoms with E-state index in [0.29, 0.717) is 11.3 Å². The van der Waals surface area contributed by atoms with Gasteiger partial charge < -0.3 is 10.6 Å². The number of halogens is 1. The molecule has 0 spiro atoms. The molecule has 1 aliphatic rings. The predicted molar refractivity (Wildman–Crippen MR) is 81.9 cm³/mol. The molecule has 0 aromatic heterocycles. The highest BCUT2D eigenvalue weighted by Gasteiger charge is 2.19. The van der Waals surface area contributed by atoms with Gasteiger partial charge in [-0.1, -0.05) is 18.2 Å². The summed E-state index contributed by atoms with van der Waals surface area (Å²) in [5, 5.41) is 0. The number of nitrogen functional groups attached to an aromatic ring is 1. The number of nitrogens with two attached hydrogens (primary N) is 1. The monoisotopic (exact) mass is 270 g/mol. The van der Waals surface area contributed by atoms with E-state index in [9.17, 15) is 4.39 Å². The van der Waals surface area contributed by atoms with Crippen LogP contribution in [0.5, 0.6) is 0 Å². The minimum absolute atomic E-state index is 0.241. The summed E-state index contributed by atoms with van der Waals surface area (Å²) in [6, 6.07) is 11.7. The van der Waals surface area contributed by atoms with Gasteiger partial charge in [0.25, 0.3) is 0 Å². The summed E-state index contributed by atoms with van der Waals surface area (Å²) in [4.78, 5) is 2.23. The van der Waals surface area contributed by atoms with Crippen molar-refractivity contribution in [3.8, 4) is 0 Å². The number of aryl methyl sites for hydroxylation is 2. The molecular formula is C17H19FN2. The molecule has 1 aliphatic heterocycles. The normalized spacial score (nSPS) is 14.8. The molecule has 0 aliphatic carbocycles. The van der Waals surface area contributed by atoms with Crippen LogP contribution in [0.25, 0.3) is 0 Å². The summed E-state index contributed by atoms with van der Waals surface area (Å²) in [6.45, 7) is 2.70. The summed E-state index contributed by atoms with van der Waals surface area (Å²) in [5.41, 5.74) is 10.6. The standard InChI is InChI=1S/C17H19FN2/c1-12-10-17(15(19)11-14(12)18)20-9-5-4-7-13-6-2-3-8-16(13)20/h2-3,6,8,10-11H,4-5,7,9,19H2,1H3. The molecule has 0 unspecified atom stereocenters. The van der Waals surface area contributed by atoms with Crippen molar-refractivity contribution in [3.05, 3.63) is 53.3 Å². The zero-order chi connectivity index (χ0) is 14.1. The molecular weight excluding hydrogens is 251 g/mol. The molecule has 2 aromatic rings. The summed E-state index contributed by atoms with van der Waals surface area (Å²) >= 11 is 0. The van der Waals surface area contributed by atoms with Gasteiger partial charge in [0, 0.05) is 12.2 Å². The van der Waals surface area contributed by atoms with E-state index in [1.165, 1.54) is 23.7 Å². The Morgan fingerprint density at radius 1 is 1.10 bits per heavy atom. The van der Waals surface area contributed by atoms with Crippen molar-refractivity contribution >= 4 is 17.1 Å². The van der Waals surface area contributed by atoms with Crippen LogP contribution in [0.2, 0.25) is 0 Å². The molecule has 1 heterocycles. The molecule has 104 valence electrons. The SMILES string of the molecule is Cc1cc(N2CCCCc3ccccc32)c(N)cc1F. The number of benzene rings is 2. The summed E-state index contributed by atoms with van der Waals surface area (Å²) < 4.78 is 13.6. The zero-order valence-corrected chi connectivity index (χ0v) is 11.7. The largest absolute Gasteiger partial charge is 0.397 e. The smallest absolute Gasteiger partial charge is 0.128 e. The number of hydrogen-bond donors (Lipinski definition) is 1. The Labute approximate surface area is 119 Å². The Morgan fingerprint density at radius 2 is 1.90 bits per heavy atom. The molecule has 0 atom stereocenters. The molecule has 2 nitrogen and oxygen atoms in total. The van der Waals surface area contributed by atoms with E-state index in [2.05, 4.69) is 23.1 Å². The Hall–Kier alpha value is -2.03. The molecule has 0 fully saturated rings. The molecule has 0 bridgehead atoms. The van der Waals surface area contributed by atoms with Crippen LogP contribution in [0.3, 0.4) is 0 Å². The summed E-state index contributed by atoms with van der Waals surface area (Å²) in [5.74, 6) is -0.241. The lowest BCUT2D eigenvalue weighted by Gasteiger charge is -2.27. The second-order valence-corrected chi connectivity index (χ2v) is 5.40. The van der Waals surface area contributed by atoms with Crippen LogP contribution in [0.15, 0.2) is 36.4 Å². The zero-order valence-electron chi connectivity index (χ0n) is 11.7. The fourth-order valence-corrected chi connectivity index (χ4v) is 2.86. The maximum atomic E-state index is 13.6. The van der Waals surface area contributed by atoms with E-state index in [-0.39, 0.29) is 5.82 Å². The highest BCUT2D eigenvalue weighted by Crippen LogP contribution is 2.36. The van der Waals surface area contributed by atoms with Crippen molar-refractivity contribution in [1.29, 1.82) is 0 Å². The molecule has 3 rings (SSSR count). The van der Waals surface area contributed by atoms with E-state index < -0.39 is 0 Å². The van der Waals surface area contributed by atoms with Crippen molar-refractivity contribution in [2.45, 2.75) is 26.2 Å². The van der Waals surface area contributed by atoms with Crippen LogP contribution >= 0.6 is 0 Å². The molecule has 20 heavy (non-hydrogen) atoms. The van der Waals surface area contributed by atoms with Gasteiger partial charge in [0.2, 0.25) is 0 Å². The number of rotatable bonds is 1. The first-order valence-corrected chi connectivity index (χ1v) is 7.08. The number of nitrogens with zero attached hydrogens (tertiary/aromatic N) is 1. The molecule has 0 saturated heterocycles. The lowest BCUT2D eigenvalue weighted by molar-refractivity contribution is 0.619. The Bertz CT molecular complexity index is 637. The van der Waals surface area contributed by atoms with E-state index in [1.54, 1.807) is 6.92 Å².